The number of carboxylic acids is 1. The van der Waals surface area contributed by atoms with Gasteiger partial charge in [-0.25, -0.2) is 9.59 Å². The van der Waals surface area contributed by atoms with Crippen LogP contribution in [-0.2, 0) is 38.5 Å². The Morgan fingerprint density at radius 2 is 1.38 bits per heavy atom. The first-order chi connectivity index (χ1) is 20.2. The molecule has 1 amide bonds. The molecule has 9 nitrogen and oxygen atoms in total. The van der Waals surface area contributed by atoms with Gasteiger partial charge in [0.15, 0.2) is 0 Å². The van der Waals surface area contributed by atoms with Crippen LogP contribution in [0.15, 0.2) is 91.0 Å². The molecule has 1 N–H and O–H groups in total. The summed E-state index contributed by atoms with van der Waals surface area (Å²) in [5.74, 6) is -1.07. The lowest BCUT2D eigenvalue weighted by molar-refractivity contribution is -0.167. The molecular weight excluding hydrogens is 538 g/mol. The van der Waals surface area contributed by atoms with Crippen LogP contribution in [0.3, 0.4) is 0 Å². The maximum absolute atomic E-state index is 13.7. The largest absolute Gasteiger partial charge is 0.508 e. The van der Waals surface area contributed by atoms with Crippen molar-refractivity contribution in [2.75, 3.05) is 14.2 Å². The Kier molecular flexibility index (Phi) is 9.85. The molecule has 1 fully saturated rings. The second-order valence-corrected chi connectivity index (χ2v) is 10.2. The Morgan fingerprint density at radius 1 is 0.857 bits per heavy atom. The summed E-state index contributed by atoms with van der Waals surface area (Å²) in [5, 5.41) is 9.89. The van der Waals surface area contributed by atoms with Crippen molar-refractivity contribution in [1.29, 1.82) is 0 Å². The monoisotopic (exact) mass is 573 g/mol. The summed E-state index contributed by atoms with van der Waals surface area (Å²) in [7, 11) is 3.17. The number of benzene rings is 3. The van der Waals surface area contributed by atoms with Gasteiger partial charge in [0.05, 0.1) is 31.8 Å². The summed E-state index contributed by atoms with van der Waals surface area (Å²) in [6.45, 7) is 5.36. The Hall–Kier alpha value is -4.79. The highest BCUT2D eigenvalue weighted by Crippen LogP contribution is 2.39. The predicted molar refractivity (Wildman–Crippen MR) is 155 cm³/mol. The van der Waals surface area contributed by atoms with Crippen LogP contribution in [0, 0.1) is 5.92 Å². The molecule has 3 aromatic carbocycles. The molecular formula is C33H35NO8. The van der Waals surface area contributed by atoms with Crippen molar-refractivity contribution >= 4 is 18.0 Å². The highest BCUT2D eigenvalue weighted by molar-refractivity contribution is 5.96. The van der Waals surface area contributed by atoms with Crippen LogP contribution in [0.25, 0.3) is 0 Å². The molecule has 220 valence electrons. The number of nitrogens with zero attached hydrogens (tertiary/aromatic N) is 1. The average Bonchev–Trinajstić information content (AvgIpc) is 2.99. The van der Waals surface area contributed by atoms with E-state index in [1.54, 1.807) is 26.0 Å². The average molecular weight is 574 g/mol. The van der Waals surface area contributed by atoms with Crippen molar-refractivity contribution in [2.24, 2.45) is 5.92 Å². The van der Waals surface area contributed by atoms with E-state index in [9.17, 15) is 19.5 Å². The van der Waals surface area contributed by atoms with Crippen LogP contribution in [0.1, 0.15) is 23.6 Å². The van der Waals surface area contributed by atoms with Gasteiger partial charge < -0.3 is 29.0 Å². The second kappa shape index (κ2) is 13.7. The number of rotatable bonds is 13. The van der Waals surface area contributed by atoms with Gasteiger partial charge in [0.1, 0.15) is 24.2 Å². The van der Waals surface area contributed by atoms with Crippen molar-refractivity contribution in [2.45, 2.75) is 44.6 Å². The lowest BCUT2D eigenvalue weighted by atomic mass is 9.76. The molecule has 4 rings (SSSR count). The number of hydrogen-bond donors (Lipinski definition) is 1. The Balaban J connectivity index is 1.56. The van der Waals surface area contributed by atoms with Crippen LogP contribution in [0.2, 0.25) is 0 Å². The first-order valence-corrected chi connectivity index (χ1v) is 13.6. The van der Waals surface area contributed by atoms with E-state index in [-0.39, 0.29) is 18.1 Å². The van der Waals surface area contributed by atoms with E-state index in [0.717, 1.165) is 16.7 Å². The lowest BCUT2D eigenvalue weighted by Crippen LogP contribution is -2.69. The van der Waals surface area contributed by atoms with Gasteiger partial charge in [-0.3, -0.25) is 4.79 Å². The SMILES string of the molecule is C=C(C(=O)O)[C@@H]1[C@@H]([C@@H](C)OC(=O)OCc2ccccc2)C(=O)N1C(Cc1ccc(OC)cc1)Cc1ccc(OC)cc1. The molecule has 3 atom stereocenters. The van der Waals surface area contributed by atoms with E-state index < -0.39 is 36.2 Å². The van der Waals surface area contributed by atoms with Gasteiger partial charge in [0.2, 0.25) is 5.91 Å². The molecule has 1 aliphatic heterocycles. The first-order valence-electron chi connectivity index (χ1n) is 13.6. The molecule has 1 aliphatic rings. The lowest BCUT2D eigenvalue weighted by Gasteiger charge is -2.52. The Morgan fingerprint density at radius 3 is 1.86 bits per heavy atom. The van der Waals surface area contributed by atoms with E-state index in [4.69, 9.17) is 18.9 Å². The fourth-order valence-corrected chi connectivity index (χ4v) is 5.22. The van der Waals surface area contributed by atoms with Crippen LogP contribution in [-0.4, -0.2) is 60.4 Å². The third-order valence-electron chi connectivity index (χ3n) is 7.45. The molecule has 0 aliphatic carbocycles. The summed E-state index contributed by atoms with van der Waals surface area (Å²) in [4.78, 5) is 39.9. The molecule has 9 heteroatoms. The van der Waals surface area contributed by atoms with Crippen molar-refractivity contribution in [3.63, 3.8) is 0 Å². The van der Waals surface area contributed by atoms with Gasteiger partial charge in [0, 0.05) is 6.04 Å². The maximum Gasteiger partial charge on any atom is 0.508 e. The number of ether oxygens (including phenoxy) is 4. The molecule has 0 aromatic heterocycles. The molecule has 0 radical (unpaired) electrons. The van der Waals surface area contributed by atoms with Crippen molar-refractivity contribution < 1.29 is 38.4 Å². The molecule has 0 spiro atoms. The van der Waals surface area contributed by atoms with E-state index >= 15 is 0 Å². The summed E-state index contributed by atoms with van der Waals surface area (Å²) in [6.07, 6.45) is -0.982. The van der Waals surface area contributed by atoms with Crippen molar-refractivity contribution in [3.8, 4) is 11.5 Å². The number of carbonyl (C=O) groups is 3. The Bertz CT molecular complexity index is 1340. The van der Waals surface area contributed by atoms with E-state index in [2.05, 4.69) is 6.58 Å². The quantitative estimate of drug-likeness (QED) is 0.171. The standard InChI is InChI=1S/C33H35NO8/c1-21(32(36)37)30-29(22(2)42-33(38)41-20-25-8-6-5-7-9-25)31(35)34(30)26(18-23-10-14-27(39-3)15-11-23)19-24-12-16-28(40-4)17-13-24/h5-17,22,26,29-30H,1,18-20H2,2-4H3,(H,36,37)/t22-,29-,30-/m1/s1. The summed E-state index contributed by atoms with van der Waals surface area (Å²) >= 11 is 0. The number of likely N-dealkylation sites (tertiary alicyclic amines) is 1. The van der Waals surface area contributed by atoms with Crippen LogP contribution in [0.5, 0.6) is 11.5 Å². The number of methoxy groups -OCH3 is 2. The maximum atomic E-state index is 13.7. The third kappa shape index (κ3) is 7.09. The topological polar surface area (TPSA) is 112 Å². The van der Waals surface area contributed by atoms with E-state index in [1.807, 2.05) is 78.9 Å². The fraction of sp³-hybridized carbons (Fsp3) is 0.303. The second-order valence-electron chi connectivity index (χ2n) is 10.2. The van der Waals surface area contributed by atoms with Crippen molar-refractivity contribution in [3.05, 3.63) is 108 Å². The third-order valence-corrected chi connectivity index (χ3v) is 7.45. The smallest absolute Gasteiger partial charge is 0.497 e. The number of carbonyl (C=O) groups excluding carboxylic acids is 2. The number of carboxylic acid groups (broad SMARTS) is 1. The molecule has 0 bridgehead atoms. The molecule has 3 aromatic rings. The van der Waals surface area contributed by atoms with Gasteiger partial charge >= 0.3 is 12.1 Å². The molecule has 0 saturated carbocycles. The highest BCUT2D eigenvalue weighted by Gasteiger charge is 2.56. The van der Waals surface area contributed by atoms with Gasteiger partial charge in [-0.05, 0) is 60.7 Å². The van der Waals surface area contributed by atoms with Crippen LogP contribution < -0.4 is 9.47 Å². The Labute approximate surface area is 245 Å². The first kappa shape index (κ1) is 30.2. The fourth-order valence-electron chi connectivity index (χ4n) is 5.22. The zero-order chi connectivity index (χ0) is 30.2. The number of aliphatic carboxylic acids is 1. The minimum absolute atomic E-state index is 0.00813. The van der Waals surface area contributed by atoms with Crippen molar-refractivity contribution in [1.82, 2.24) is 4.90 Å². The van der Waals surface area contributed by atoms with E-state index in [0.29, 0.717) is 24.3 Å². The van der Waals surface area contributed by atoms with Gasteiger partial charge in [-0.2, -0.15) is 0 Å². The van der Waals surface area contributed by atoms with Crippen LogP contribution >= 0.6 is 0 Å². The van der Waals surface area contributed by atoms with Gasteiger partial charge in [-0.1, -0.05) is 61.2 Å². The van der Waals surface area contributed by atoms with Gasteiger partial charge in [-0.15, -0.1) is 0 Å². The van der Waals surface area contributed by atoms with E-state index in [1.165, 1.54) is 0 Å². The zero-order valence-electron chi connectivity index (χ0n) is 23.9. The summed E-state index contributed by atoms with van der Waals surface area (Å²) in [6, 6.07) is 22.8. The molecule has 1 saturated heterocycles. The molecule has 1 heterocycles. The number of β-lactam (4-membered cyclic amide) rings is 1. The summed E-state index contributed by atoms with van der Waals surface area (Å²) < 4.78 is 21.2. The zero-order valence-corrected chi connectivity index (χ0v) is 23.9. The highest BCUT2D eigenvalue weighted by atomic mass is 16.7. The minimum Gasteiger partial charge on any atom is -0.497 e. The molecule has 42 heavy (non-hydrogen) atoms. The normalized spacial score (nSPS) is 16.8. The van der Waals surface area contributed by atoms with Crippen LogP contribution in [0.4, 0.5) is 4.79 Å². The number of hydrogen-bond acceptors (Lipinski definition) is 7. The molecule has 0 unspecified atom stereocenters. The predicted octanol–water partition coefficient (Wildman–Crippen LogP) is 5.07. The minimum atomic E-state index is -1.23. The summed E-state index contributed by atoms with van der Waals surface area (Å²) in [5.41, 5.74) is 2.52. The van der Waals surface area contributed by atoms with Gasteiger partial charge in [0.25, 0.3) is 0 Å². The number of amides is 1.